The maximum absolute atomic E-state index is 12.6. The van der Waals surface area contributed by atoms with E-state index in [1.165, 1.54) is 43.5 Å². The molecule has 0 aromatic heterocycles. The van der Waals surface area contributed by atoms with Crippen LogP contribution in [0.1, 0.15) is 49.1 Å². The molecule has 2 saturated heterocycles. The van der Waals surface area contributed by atoms with E-state index in [1.807, 2.05) is 0 Å². The molecule has 4 atom stereocenters. The predicted molar refractivity (Wildman–Crippen MR) is 87.8 cm³/mol. The van der Waals surface area contributed by atoms with Crippen molar-refractivity contribution in [3.8, 4) is 0 Å². The molecular weight excluding hydrogens is 272 g/mol. The summed E-state index contributed by atoms with van der Waals surface area (Å²) in [7, 11) is 0. The highest BCUT2D eigenvalue weighted by molar-refractivity contribution is 5.83. The van der Waals surface area contributed by atoms with Crippen LogP contribution in [0, 0.1) is 12.8 Å². The summed E-state index contributed by atoms with van der Waals surface area (Å²) >= 11 is 0. The Morgan fingerprint density at radius 1 is 1.23 bits per heavy atom. The molecule has 1 aromatic rings. The third-order valence-electron chi connectivity index (χ3n) is 5.78. The van der Waals surface area contributed by atoms with Gasteiger partial charge in [-0.05, 0) is 50.6 Å². The molecule has 1 saturated carbocycles. The Balaban J connectivity index is 1.36. The molecular formula is C19H26N2O. The Kier molecular flexibility index (Phi) is 3.69. The molecule has 22 heavy (non-hydrogen) atoms. The second-order valence-electron chi connectivity index (χ2n) is 7.37. The number of hydrogen-bond acceptors (Lipinski definition) is 2. The number of hydrogen-bond donors (Lipinski definition) is 1. The molecule has 2 heterocycles. The highest BCUT2D eigenvalue weighted by Gasteiger charge is 2.46. The predicted octanol–water partition coefficient (Wildman–Crippen LogP) is 2.84. The van der Waals surface area contributed by atoms with Gasteiger partial charge in [0.15, 0.2) is 0 Å². The van der Waals surface area contributed by atoms with E-state index >= 15 is 0 Å². The van der Waals surface area contributed by atoms with Crippen molar-refractivity contribution in [1.82, 2.24) is 10.2 Å². The smallest absolute Gasteiger partial charge is 0.224 e. The molecule has 1 N–H and O–H groups in total. The maximum atomic E-state index is 12.6. The molecule has 3 aliphatic rings. The molecule has 1 amide bonds. The summed E-state index contributed by atoms with van der Waals surface area (Å²) in [6, 6.07) is 9.63. The third kappa shape index (κ3) is 2.67. The van der Waals surface area contributed by atoms with Gasteiger partial charge in [-0.25, -0.2) is 0 Å². The van der Waals surface area contributed by atoms with Crippen molar-refractivity contribution < 1.29 is 4.79 Å². The second kappa shape index (κ2) is 5.69. The van der Waals surface area contributed by atoms with Gasteiger partial charge in [-0.3, -0.25) is 9.69 Å². The van der Waals surface area contributed by atoms with E-state index in [2.05, 4.69) is 41.4 Å². The van der Waals surface area contributed by atoms with Gasteiger partial charge in [0.25, 0.3) is 0 Å². The van der Waals surface area contributed by atoms with Gasteiger partial charge in [-0.15, -0.1) is 0 Å². The first kappa shape index (κ1) is 14.3. The molecule has 1 aromatic carbocycles. The summed E-state index contributed by atoms with van der Waals surface area (Å²) < 4.78 is 0. The van der Waals surface area contributed by atoms with Crippen molar-refractivity contribution in [3.05, 3.63) is 35.4 Å². The molecule has 0 radical (unpaired) electrons. The highest BCUT2D eigenvalue weighted by Crippen LogP contribution is 2.47. The maximum Gasteiger partial charge on any atom is 0.224 e. The van der Waals surface area contributed by atoms with Gasteiger partial charge < -0.3 is 5.32 Å². The van der Waals surface area contributed by atoms with Crippen LogP contribution in [0.5, 0.6) is 0 Å². The summed E-state index contributed by atoms with van der Waals surface area (Å²) in [5.41, 5.74) is 2.63. The van der Waals surface area contributed by atoms with Gasteiger partial charge in [0.1, 0.15) is 0 Å². The minimum Gasteiger partial charge on any atom is -0.351 e. The lowest BCUT2D eigenvalue weighted by atomic mass is 9.98. The van der Waals surface area contributed by atoms with E-state index < -0.39 is 0 Å². The first-order valence-electron chi connectivity index (χ1n) is 8.83. The topological polar surface area (TPSA) is 32.3 Å². The van der Waals surface area contributed by atoms with Crippen LogP contribution in [-0.4, -0.2) is 36.0 Å². The first-order chi connectivity index (χ1) is 10.7. The van der Waals surface area contributed by atoms with Crippen molar-refractivity contribution in [2.24, 2.45) is 5.92 Å². The summed E-state index contributed by atoms with van der Waals surface area (Å²) in [6.45, 7) is 4.52. The molecule has 2 aliphatic heterocycles. The zero-order valence-electron chi connectivity index (χ0n) is 13.4. The SMILES string of the molecule is Cc1cccc(C2CC2C(=O)NC2CCN3CCCCC23)c1. The monoisotopic (exact) mass is 298 g/mol. The van der Waals surface area contributed by atoms with Crippen LogP contribution in [0.25, 0.3) is 0 Å². The summed E-state index contributed by atoms with van der Waals surface area (Å²) in [6.07, 6.45) is 6.07. The third-order valence-corrected chi connectivity index (χ3v) is 5.78. The molecule has 118 valence electrons. The lowest BCUT2D eigenvalue weighted by molar-refractivity contribution is -0.123. The van der Waals surface area contributed by atoms with Crippen molar-refractivity contribution in [2.75, 3.05) is 13.1 Å². The molecule has 3 fully saturated rings. The van der Waals surface area contributed by atoms with Crippen LogP contribution in [0.3, 0.4) is 0 Å². The van der Waals surface area contributed by atoms with Crippen molar-refractivity contribution >= 4 is 5.91 Å². The lowest BCUT2D eigenvalue weighted by Crippen LogP contribution is -2.47. The van der Waals surface area contributed by atoms with Crippen molar-refractivity contribution in [2.45, 2.75) is 57.0 Å². The fraction of sp³-hybridized carbons (Fsp3) is 0.632. The van der Waals surface area contributed by atoms with Gasteiger partial charge in [0.2, 0.25) is 5.91 Å². The standard InChI is InChI=1S/C19H26N2O/c1-13-5-4-6-14(11-13)15-12-16(15)19(22)20-17-8-10-21-9-3-2-7-18(17)21/h4-6,11,15-18H,2-3,7-10,12H2,1H3,(H,20,22). The molecule has 4 unspecified atom stereocenters. The average molecular weight is 298 g/mol. The van der Waals surface area contributed by atoms with E-state index in [0.29, 0.717) is 23.9 Å². The normalized spacial score (nSPS) is 34.2. The summed E-state index contributed by atoms with van der Waals surface area (Å²) in [5, 5.41) is 3.37. The van der Waals surface area contributed by atoms with E-state index in [4.69, 9.17) is 0 Å². The number of benzene rings is 1. The van der Waals surface area contributed by atoms with E-state index in [9.17, 15) is 4.79 Å². The fourth-order valence-corrected chi connectivity index (χ4v) is 4.46. The molecule has 0 spiro atoms. The fourth-order valence-electron chi connectivity index (χ4n) is 4.46. The molecule has 3 heteroatoms. The van der Waals surface area contributed by atoms with Crippen LogP contribution >= 0.6 is 0 Å². The Morgan fingerprint density at radius 3 is 3.00 bits per heavy atom. The minimum absolute atomic E-state index is 0.208. The van der Waals surface area contributed by atoms with Crippen LogP contribution < -0.4 is 5.32 Å². The Hall–Kier alpha value is -1.35. The number of nitrogens with zero attached hydrogens (tertiary/aromatic N) is 1. The number of carbonyl (C=O) groups is 1. The van der Waals surface area contributed by atoms with E-state index in [0.717, 1.165) is 12.8 Å². The summed E-state index contributed by atoms with van der Waals surface area (Å²) in [4.78, 5) is 15.2. The van der Waals surface area contributed by atoms with Crippen molar-refractivity contribution in [1.29, 1.82) is 0 Å². The van der Waals surface area contributed by atoms with Crippen LogP contribution in [-0.2, 0) is 4.79 Å². The number of piperidine rings is 1. The van der Waals surface area contributed by atoms with E-state index in [-0.39, 0.29) is 5.92 Å². The van der Waals surface area contributed by atoms with Gasteiger partial charge in [-0.2, -0.15) is 0 Å². The quantitative estimate of drug-likeness (QED) is 0.930. The van der Waals surface area contributed by atoms with E-state index in [1.54, 1.807) is 0 Å². The largest absolute Gasteiger partial charge is 0.351 e. The molecule has 3 nitrogen and oxygen atoms in total. The van der Waals surface area contributed by atoms with Crippen LogP contribution in [0.15, 0.2) is 24.3 Å². The number of amides is 1. The highest BCUT2D eigenvalue weighted by atomic mass is 16.2. The summed E-state index contributed by atoms with van der Waals surface area (Å²) in [5.74, 6) is 0.951. The Morgan fingerprint density at radius 2 is 2.14 bits per heavy atom. The zero-order chi connectivity index (χ0) is 15.1. The number of carbonyl (C=O) groups excluding carboxylic acids is 1. The van der Waals surface area contributed by atoms with Gasteiger partial charge in [0, 0.05) is 24.5 Å². The van der Waals surface area contributed by atoms with Crippen LogP contribution in [0.2, 0.25) is 0 Å². The molecule has 1 aliphatic carbocycles. The van der Waals surface area contributed by atoms with Gasteiger partial charge in [-0.1, -0.05) is 36.2 Å². The first-order valence-corrected chi connectivity index (χ1v) is 8.83. The second-order valence-corrected chi connectivity index (χ2v) is 7.37. The number of nitrogens with one attached hydrogen (secondary N) is 1. The number of rotatable bonds is 3. The number of aryl methyl sites for hydroxylation is 1. The Labute approximate surface area is 133 Å². The van der Waals surface area contributed by atoms with Gasteiger partial charge >= 0.3 is 0 Å². The molecule has 4 rings (SSSR count). The zero-order valence-corrected chi connectivity index (χ0v) is 13.4. The van der Waals surface area contributed by atoms with Crippen LogP contribution in [0.4, 0.5) is 0 Å². The average Bonchev–Trinajstić information content (AvgIpc) is 3.24. The molecule has 0 bridgehead atoms. The Bertz CT molecular complexity index is 570. The van der Waals surface area contributed by atoms with Crippen molar-refractivity contribution in [3.63, 3.8) is 0 Å². The number of fused-ring (bicyclic) bond motifs is 1. The lowest BCUT2D eigenvalue weighted by Gasteiger charge is -2.32. The van der Waals surface area contributed by atoms with Gasteiger partial charge in [0.05, 0.1) is 0 Å². The minimum atomic E-state index is 0.208.